The Morgan fingerprint density at radius 2 is 1.94 bits per heavy atom. The fourth-order valence-electron chi connectivity index (χ4n) is 2.52. The summed E-state index contributed by atoms with van der Waals surface area (Å²) in [5.41, 5.74) is 5.08. The van der Waals surface area contributed by atoms with E-state index in [1.807, 2.05) is 20.8 Å². The molecule has 2 aromatic rings. The van der Waals surface area contributed by atoms with Crippen LogP contribution < -0.4 is 25.4 Å². The first-order valence-electron chi connectivity index (χ1n) is 9.00. The van der Waals surface area contributed by atoms with E-state index in [4.69, 9.17) is 19.9 Å². The Balaban J connectivity index is 0.000000320. The third kappa shape index (κ3) is 6.73. The summed E-state index contributed by atoms with van der Waals surface area (Å²) in [5.74, 6) is 2.27. The van der Waals surface area contributed by atoms with Gasteiger partial charge in [-0.1, -0.05) is 14.9 Å². The van der Waals surface area contributed by atoms with Crippen LogP contribution in [-0.2, 0) is 9.53 Å². The molecule has 3 N–H and O–H groups in total. The third-order valence-electron chi connectivity index (χ3n) is 3.69. The van der Waals surface area contributed by atoms with Gasteiger partial charge in [0, 0.05) is 6.20 Å². The minimum Gasteiger partial charge on any atom is -0.488 e. The van der Waals surface area contributed by atoms with E-state index in [0.29, 0.717) is 42.1 Å². The summed E-state index contributed by atoms with van der Waals surface area (Å²) in [6.07, 6.45) is 1.17. The summed E-state index contributed by atoms with van der Waals surface area (Å²) in [7, 11) is 0. The van der Waals surface area contributed by atoms with Crippen molar-refractivity contribution in [3.05, 3.63) is 30.5 Å². The van der Waals surface area contributed by atoms with Crippen molar-refractivity contribution in [1.82, 2.24) is 9.97 Å². The second-order valence-corrected chi connectivity index (χ2v) is 7.23. The van der Waals surface area contributed by atoms with Crippen LogP contribution in [0.25, 0.3) is 0 Å². The molecule has 0 radical (unpaired) electrons. The number of hydrogen-bond acceptors (Lipinski definition) is 8. The topological polar surface area (TPSA) is 129 Å². The highest BCUT2D eigenvalue weighted by molar-refractivity contribution is 5.94. The number of amides is 2. The number of anilines is 3. The van der Waals surface area contributed by atoms with Crippen molar-refractivity contribution in [1.29, 1.82) is 0 Å². The lowest BCUT2D eigenvalue weighted by Gasteiger charge is -2.30. The van der Waals surface area contributed by atoms with E-state index in [0.717, 1.165) is 0 Å². The minimum absolute atomic E-state index is 0. The Morgan fingerprint density at radius 3 is 2.65 bits per heavy atom. The van der Waals surface area contributed by atoms with E-state index in [1.165, 1.54) is 4.90 Å². The van der Waals surface area contributed by atoms with Crippen LogP contribution >= 0.6 is 0 Å². The highest BCUT2D eigenvalue weighted by Crippen LogP contribution is 2.31. The Morgan fingerprint density at radius 1 is 1.19 bits per heavy atom. The van der Waals surface area contributed by atoms with Gasteiger partial charge in [-0.3, -0.25) is 9.69 Å². The zero-order chi connectivity index (χ0) is 21.0. The van der Waals surface area contributed by atoms with Gasteiger partial charge in [-0.2, -0.15) is 0 Å². The zero-order valence-electron chi connectivity index (χ0n) is 16.5. The molecule has 0 aliphatic carbocycles. The smallest absolute Gasteiger partial charge is 0.416 e. The average molecular weight is 434 g/mol. The van der Waals surface area contributed by atoms with Crippen molar-refractivity contribution in [2.75, 3.05) is 35.7 Å². The van der Waals surface area contributed by atoms with Gasteiger partial charge in [0.2, 0.25) is 0 Å². The van der Waals surface area contributed by atoms with E-state index in [-0.39, 0.29) is 27.4 Å². The summed E-state index contributed by atoms with van der Waals surface area (Å²) < 4.78 is 15.8. The highest BCUT2D eigenvalue weighted by Gasteiger charge is 2.29. The first kappa shape index (κ1) is 25.5. The first-order valence-corrected chi connectivity index (χ1v) is 9.00. The molecule has 4 heterocycles. The van der Waals surface area contributed by atoms with Gasteiger partial charge in [0.15, 0.2) is 29.7 Å². The summed E-state index contributed by atoms with van der Waals surface area (Å²) in [6.45, 7) is 6.35. The van der Waals surface area contributed by atoms with Crippen molar-refractivity contribution < 1.29 is 23.8 Å². The van der Waals surface area contributed by atoms with Crippen LogP contribution in [0.3, 0.4) is 0 Å². The third-order valence-corrected chi connectivity index (χ3v) is 3.69. The fraction of sp³-hybridized carbons (Fsp3) is 0.429. The molecule has 0 bridgehead atoms. The van der Waals surface area contributed by atoms with Crippen molar-refractivity contribution in [2.24, 2.45) is 0 Å². The number of nitrogen functional groups attached to an aromatic ring is 1. The monoisotopic (exact) mass is 433 g/mol. The minimum atomic E-state index is -0.546. The number of aromatic nitrogens is 2. The number of nitrogens with two attached hydrogens (primary N) is 1. The molecule has 10 heteroatoms. The number of rotatable bonds is 0. The largest absolute Gasteiger partial charge is 0.488 e. The number of fused-ring (bicyclic) bond motifs is 2. The number of hydrogen-bond donors (Lipinski definition) is 2. The highest BCUT2D eigenvalue weighted by atomic mass is 16.6. The fourth-order valence-corrected chi connectivity index (χ4v) is 2.52. The predicted octanol–water partition coefficient (Wildman–Crippen LogP) is 3.48. The average Bonchev–Trinajstić information content (AvgIpc) is 2.66. The van der Waals surface area contributed by atoms with Gasteiger partial charge in [0.05, 0.1) is 6.54 Å². The van der Waals surface area contributed by atoms with E-state index in [1.54, 1.807) is 30.5 Å². The maximum Gasteiger partial charge on any atom is 0.416 e. The quantitative estimate of drug-likeness (QED) is 0.646. The molecular formula is C21H31N5O5. The van der Waals surface area contributed by atoms with Crippen LogP contribution in [0.15, 0.2) is 30.5 Å². The second-order valence-electron chi connectivity index (χ2n) is 7.23. The Bertz CT molecular complexity index is 913. The molecule has 31 heavy (non-hydrogen) atoms. The number of carbonyl (C=O) groups is 2. The lowest BCUT2D eigenvalue weighted by molar-refractivity contribution is -0.118. The molecule has 2 aliphatic heterocycles. The van der Waals surface area contributed by atoms with Crippen LogP contribution in [0, 0.1) is 0 Å². The summed E-state index contributed by atoms with van der Waals surface area (Å²) in [5, 5.41) is 2.58. The van der Waals surface area contributed by atoms with Crippen LogP contribution in [0.1, 0.15) is 35.6 Å². The number of nitrogens with zero attached hydrogens (tertiary/aromatic N) is 3. The normalized spacial score (nSPS) is 13.8. The number of ether oxygens (including phenoxy) is 3. The molecule has 4 rings (SSSR count). The molecular weight excluding hydrogens is 402 g/mol. The van der Waals surface area contributed by atoms with Gasteiger partial charge in [-0.05, 0) is 45.0 Å². The van der Waals surface area contributed by atoms with Gasteiger partial charge in [0.25, 0.3) is 5.91 Å². The van der Waals surface area contributed by atoms with E-state index in [9.17, 15) is 9.59 Å². The molecule has 0 spiro atoms. The Hall–Kier alpha value is -3.56. The van der Waals surface area contributed by atoms with Crippen molar-refractivity contribution >= 4 is 29.5 Å². The van der Waals surface area contributed by atoms with Crippen molar-refractivity contribution in [2.45, 2.75) is 41.2 Å². The van der Waals surface area contributed by atoms with E-state index < -0.39 is 11.7 Å². The maximum atomic E-state index is 12.1. The first-order chi connectivity index (χ1) is 13.7. The van der Waals surface area contributed by atoms with Gasteiger partial charge in [-0.15, -0.1) is 0 Å². The second kappa shape index (κ2) is 10.5. The van der Waals surface area contributed by atoms with Gasteiger partial charge in [0.1, 0.15) is 18.0 Å². The van der Waals surface area contributed by atoms with Crippen LogP contribution in [0.4, 0.5) is 22.2 Å². The lowest BCUT2D eigenvalue weighted by atomic mass is 10.2. The van der Waals surface area contributed by atoms with Crippen LogP contribution in [0.5, 0.6) is 11.5 Å². The molecule has 0 saturated heterocycles. The molecule has 0 unspecified atom stereocenters. The SMILES string of the molecule is C.C.CC(C)(C)OC(=O)N1CCOc2ccc(N)nc21.O=C1COc2cccnc2N1. The molecule has 2 aliphatic rings. The van der Waals surface area contributed by atoms with Crippen LogP contribution in [-0.4, -0.2) is 47.3 Å². The summed E-state index contributed by atoms with van der Waals surface area (Å²) >= 11 is 0. The molecule has 0 atom stereocenters. The molecule has 0 fully saturated rings. The molecule has 10 nitrogen and oxygen atoms in total. The maximum absolute atomic E-state index is 12.1. The zero-order valence-corrected chi connectivity index (χ0v) is 16.5. The number of pyridine rings is 2. The van der Waals surface area contributed by atoms with Crippen LogP contribution in [0.2, 0.25) is 0 Å². The molecule has 170 valence electrons. The predicted molar refractivity (Wildman–Crippen MR) is 120 cm³/mol. The van der Waals surface area contributed by atoms with Crippen molar-refractivity contribution in [3.63, 3.8) is 0 Å². The molecule has 0 saturated carbocycles. The molecule has 2 aromatic heterocycles. The van der Waals surface area contributed by atoms with Gasteiger partial charge >= 0.3 is 6.09 Å². The molecule has 2 amide bonds. The summed E-state index contributed by atoms with van der Waals surface area (Å²) in [6, 6.07) is 6.86. The number of carbonyl (C=O) groups excluding carboxylic acids is 2. The Labute approximate surface area is 182 Å². The lowest BCUT2D eigenvalue weighted by Crippen LogP contribution is -2.42. The van der Waals surface area contributed by atoms with Crippen molar-refractivity contribution in [3.8, 4) is 11.5 Å². The standard InChI is InChI=1S/C12H17N3O3.C7H6N2O2.2CH4/c1-12(2,3)18-11(16)15-6-7-17-8-4-5-9(13)14-10(8)15;10-6-4-11-5-2-1-3-8-7(5)9-6;;/h4-5H,6-7H2,1-3H3,(H2,13,14);1-3H,4H2,(H,8,9,10);2*1H4. The van der Waals surface area contributed by atoms with E-state index >= 15 is 0 Å². The molecule has 0 aromatic carbocycles. The summed E-state index contributed by atoms with van der Waals surface area (Å²) in [4.78, 5) is 32.3. The number of nitrogens with one attached hydrogen (secondary N) is 1. The van der Waals surface area contributed by atoms with Gasteiger partial charge < -0.3 is 25.3 Å². The van der Waals surface area contributed by atoms with Gasteiger partial charge in [-0.25, -0.2) is 14.8 Å². The Kier molecular flexibility index (Phi) is 8.60. The van der Waals surface area contributed by atoms with E-state index in [2.05, 4.69) is 15.3 Å².